The van der Waals surface area contributed by atoms with E-state index in [9.17, 15) is 12.8 Å². The van der Waals surface area contributed by atoms with Crippen molar-refractivity contribution in [3.8, 4) is 11.4 Å². The zero-order chi connectivity index (χ0) is 18.4. The highest BCUT2D eigenvalue weighted by atomic mass is 32.2. The Morgan fingerprint density at radius 2 is 1.92 bits per heavy atom. The van der Waals surface area contributed by atoms with Crippen LogP contribution in [0.25, 0.3) is 11.4 Å². The number of aromatic nitrogens is 2. The van der Waals surface area contributed by atoms with Crippen molar-refractivity contribution in [2.45, 2.75) is 18.8 Å². The van der Waals surface area contributed by atoms with E-state index in [4.69, 9.17) is 9.26 Å². The summed E-state index contributed by atoms with van der Waals surface area (Å²) >= 11 is 0. The predicted octanol–water partition coefficient (Wildman–Crippen LogP) is 2.03. The molecule has 9 heteroatoms. The van der Waals surface area contributed by atoms with Gasteiger partial charge in [-0.3, -0.25) is 0 Å². The van der Waals surface area contributed by atoms with E-state index in [1.54, 1.807) is 12.1 Å². The quantitative estimate of drug-likeness (QED) is 0.809. The van der Waals surface area contributed by atoms with Crippen molar-refractivity contribution in [3.63, 3.8) is 0 Å². The molecule has 2 fully saturated rings. The molecular formula is C17H20FN3O4S. The van der Waals surface area contributed by atoms with Gasteiger partial charge in [-0.2, -0.15) is 4.98 Å². The third-order valence-corrected chi connectivity index (χ3v) is 6.63. The number of nitrogens with zero attached hydrogens (tertiary/aromatic N) is 3. The fraction of sp³-hybridized carbons (Fsp3) is 0.529. The molecule has 1 aromatic heterocycles. The highest BCUT2D eigenvalue weighted by Gasteiger charge is 2.52. The molecule has 0 N–H and O–H groups in total. The number of hydrogen-bond acceptors (Lipinski definition) is 6. The van der Waals surface area contributed by atoms with Gasteiger partial charge < -0.3 is 9.26 Å². The fourth-order valence-corrected chi connectivity index (χ4v) is 4.80. The molecule has 4 rings (SSSR count). The van der Waals surface area contributed by atoms with Crippen molar-refractivity contribution < 1.29 is 22.1 Å². The van der Waals surface area contributed by atoms with E-state index in [0.717, 1.165) is 12.8 Å². The molecule has 0 unspecified atom stereocenters. The Balaban J connectivity index is 1.67. The van der Waals surface area contributed by atoms with Crippen LogP contribution in [0, 0.1) is 11.2 Å². The minimum absolute atomic E-state index is 0.178. The molecule has 2 aromatic rings. The standard InChI is InChI=1S/C17H20FN3O4S/c1-26(22,23)21-10-14(17(11-21)6-8-24-9-7-17)16-19-15(20-25-16)12-2-4-13(18)5-3-12/h2-5,14H,6-11H2,1H3/t14-/m0/s1. The van der Waals surface area contributed by atoms with Crippen LogP contribution in [0.1, 0.15) is 24.7 Å². The van der Waals surface area contributed by atoms with Crippen LogP contribution >= 0.6 is 0 Å². The first-order chi connectivity index (χ1) is 12.4. The Morgan fingerprint density at radius 3 is 2.58 bits per heavy atom. The van der Waals surface area contributed by atoms with E-state index >= 15 is 0 Å². The van der Waals surface area contributed by atoms with Gasteiger partial charge in [-0.05, 0) is 37.1 Å². The Labute approximate surface area is 151 Å². The Morgan fingerprint density at radius 1 is 1.23 bits per heavy atom. The number of benzene rings is 1. The van der Waals surface area contributed by atoms with E-state index in [-0.39, 0.29) is 17.2 Å². The highest BCUT2D eigenvalue weighted by molar-refractivity contribution is 7.88. The van der Waals surface area contributed by atoms with Crippen LogP contribution in [0.15, 0.2) is 28.8 Å². The first-order valence-electron chi connectivity index (χ1n) is 8.50. The van der Waals surface area contributed by atoms with E-state index in [1.807, 2.05) is 0 Å². The fourth-order valence-electron chi connectivity index (χ4n) is 3.89. The van der Waals surface area contributed by atoms with Crippen molar-refractivity contribution in [1.29, 1.82) is 0 Å². The average Bonchev–Trinajstić information content (AvgIpc) is 3.21. The van der Waals surface area contributed by atoms with E-state index in [0.29, 0.717) is 43.6 Å². The third kappa shape index (κ3) is 3.15. The molecule has 1 atom stereocenters. The number of ether oxygens (including phenoxy) is 1. The summed E-state index contributed by atoms with van der Waals surface area (Å²) in [4.78, 5) is 4.50. The van der Waals surface area contributed by atoms with Gasteiger partial charge in [0.2, 0.25) is 21.7 Å². The van der Waals surface area contributed by atoms with Gasteiger partial charge in [0.05, 0.1) is 12.2 Å². The summed E-state index contributed by atoms with van der Waals surface area (Å²) in [6.07, 6.45) is 2.72. The first-order valence-corrected chi connectivity index (χ1v) is 10.3. The zero-order valence-electron chi connectivity index (χ0n) is 14.4. The van der Waals surface area contributed by atoms with Crippen LogP contribution in [0.4, 0.5) is 4.39 Å². The van der Waals surface area contributed by atoms with Gasteiger partial charge in [0.15, 0.2) is 0 Å². The van der Waals surface area contributed by atoms with E-state index in [2.05, 4.69) is 10.1 Å². The van der Waals surface area contributed by atoms with Gasteiger partial charge in [-0.15, -0.1) is 0 Å². The lowest BCUT2D eigenvalue weighted by molar-refractivity contribution is 0.0104. The SMILES string of the molecule is CS(=O)(=O)N1C[C@@H](c2nc(-c3ccc(F)cc3)no2)C2(CCOCC2)C1. The Kier molecular flexibility index (Phi) is 4.32. The number of hydrogen-bond donors (Lipinski definition) is 0. The van der Waals surface area contributed by atoms with Crippen LogP contribution < -0.4 is 0 Å². The summed E-state index contributed by atoms with van der Waals surface area (Å²) < 4.78 is 49.8. The second kappa shape index (κ2) is 6.40. The summed E-state index contributed by atoms with van der Waals surface area (Å²) in [5, 5.41) is 4.02. The van der Waals surface area contributed by atoms with Gasteiger partial charge in [-0.1, -0.05) is 5.16 Å². The smallest absolute Gasteiger partial charge is 0.232 e. The monoisotopic (exact) mass is 381 g/mol. The molecule has 0 bridgehead atoms. The maximum atomic E-state index is 13.1. The minimum atomic E-state index is -3.31. The molecule has 0 saturated carbocycles. The van der Waals surface area contributed by atoms with Crippen LogP contribution in [0.5, 0.6) is 0 Å². The highest BCUT2D eigenvalue weighted by Crippen LogP contribution is 2.49. The molecule has 1 spiro atoms. The summed E-state index contributed by atoms with van der Waals surface area (Å²) in [5.41, 5.74) is 0.397. The molecule has 0 radical (unpaired) electrons. The Bertz CT molecular complexity index is 891. The predicted molar refractivity (Wildman–Crippen MR) is 91.3 cm³/mol. The topological polar surface area (TPSA) is 85.5 Å². The van der Waals surface area contributed by atoms with Gasteiger partial charge in [0.25, 0.3) is 0 Å². The van der Waals surface area contributed by atoms with E-state index < -0.39 is 10.0 Å². The molecule has 1 aromatic carbocycles. The molecule has 2 aliphatic heterocycles. The van der Waals surface area contributed by atoms with Crippen LogP contribution in [-0.2, 0) is 14.8 Å². The second-order valence-corrected chi connectivity index (χ2v) is 9.03. The molecule has 0 aliphatic carbocycles. The number of halogens is 1. The molecule has 7 nitrogen and oxygen atoms in total. The normalized spacial score (nSPS) is 23.5. The molecule has 140 valence electrons. The number of sulfonamides is 1. The van der Waals surface area contributed by atoms with Crippen molar-refractivity contribution in [1.82, 2.24) is 14.4 Å². The lowest BCUT2D eigenvalue weighted by Gasteiger charge is -2.36. The molecule has 0 amide bonds. The van der Waals surface area contributed by atoms with Crippen molar-refractivity contribution in [3.05, 3.63) is 36.0 Å². The van der Waals surface area contributed by atoms with Gasteiger partial charge >= 0.3 is 0 Å². The molecule has 2 aliphatic rings. The van der Waals surface area contributed by atoms with Crippen molar-refractivity contribution >= 4 is 10.0 Å². The summed E-state index contributed by atoms with van der Waals surface area (Å²) in [7, 11) is -3.31. The lowest BCUT2D eigenvalue weighted by atomic mass is 9.72. The molecule has 2 saturated heterocycles. The first kappa shape index (κ1) is 17.6. The van der Waals surface area contributed by atoms with Gasteiger partial charge in [-0.25, -0.2) is 17.1 Å². The van der Waals surface area contributed by atoms with E-state index in [1.165, 1.54) is 22.7 Å². The summed E-state index contributed by atoms with van der Waals surface area (Å²) in [5.74, 6) is 0.290. The third-order valence-electron chi connectivity index (χ3n) is 5.42. The largest absolute Gasteiger partial charge is 0.381 e. The Hall–Kier alpha value is -1.84. The minimum Gasteiger partial charge on any atom is -0.381 e. The maximum Gasteiger partial charge on any atom is 0.232 e. The molecule has 26 heavy (non-hydrogen) atoms. The second-order valence-electron chi connectivity index (χ2n) is 7.05. The van der Waals surface area contributed by atoms with Gasteiger partial charge in [0, 0.05) is 37.3 Å². The van der Waals surface area contributed by atoms with Crippen molar-refractivity contribution in [2.24, 2.45) is 5.41 Å². The zero-order valence-corrected chi connectivity index (χ0v) is 15.2. The van der Waals surface area contributed by atoms with Crippen LogP contribution in [0.2, 0.25) is 0 Å². The van der Waals surface area contributed by atoms with Crippen LogP contribution in [-0.4, -0.2) is 55.4 Å². The van der Waals surface area contributed by atoms with Crippen LogP contribution in [0.3, 0.4) is 0 Å². The van der Waals surface area contributed by atoms with Gasteiger partial charge in [0.1, 0.15) is 5.82 Å². The van der Waals surface area contributed by atoms with Crippen molar-refractivity contribution in [2.75, 3.05) is 32.6 Å². The molecular weight excluding hydrogens is 361 g/mol. The maximum absolute atomic E-state index is 13.1. The number of rotatable bonds is 3. The average molecular weight is 381 g/mol. The lowest BCUT2D eigenvalue weighted by Crippen LogP contribution is -2.37. The molecule has 3 heterocycles. The summed E-state index contributed by atoms with van der Waals surface area (Å²) in [6.45, 7) is 1.94. The summed E-state index contributed by atoms with van der Waals surface area (Å²) in [6, 6.07) is 5.86.